The normalized spacial score (nSPS) is 19.9. The van der Waals surface area contributed by atoms with Gasteiger partial charge in [-0.3, -0.25) is 14.3 Å². The van der Waals surface area contributed by atoms with E-state index in [4.69, 9.17) is 35.4 Å². The SMILES string of the molecule is CCCCN1/C(=C/C(C)=C2/SC(=S)N(CP(=O)(O)O)C2=O)Sc2cc(Cl)c(Cl)cc21. The molecular formula is C18H19Cl2N2O4PS3. The van der Waals surface area contributed by atoms with Crippen molar-refractivity contribution in [2.45, 2.75) is 31.6 Å². The van der Waals surface area contributed by atoms with E-state index in [1.807, 2.05) is 18.2 Å². The second-order valence-electron chi connectivity index (χ2n) is 6.74. The van der Waals surface area contributed by atoms with Gasteiger partial charge in [-0.25, -0.2) is 0 Å². The van der Waals surface area contributed by atoms with Gasteiger partial charge in [0, 0.05) is 11.4 Å². The van der Waals surface area contributed by atoms with Gasteiger partial charge in [0.15, 0.2) is 0 Å². The number of benzene rings is 1. The summed E-state index contributed by atoms with van der Waals surface area (Å²) in [5.74, 6) is -0.491. The fraction of sp³-hybridized carbons (Fsp3) is 0.333. The third kappa shape index (κ3) is 5.27. The number of anilines is 1. The Balaban J connectivity index is 1.95. The average molecular weight is 525 g/mol. The third-order valence-electron chi connectivity index (χ3n) is 4.38. The van der Waals surface area contributed by atoms with Gasteiger partial charge >= 0.3 is 7.60 Å². The van der Waals surface area contributed by atoms with Crippen molar-refractivity contribution >= 4 is 82.5 Å². The molecule has 3 rings (SSSR count). The highest BCUT2D eigenvalue weighted by atomic mass is 35.5. The number of allylic oxidation sites excluding steroid dienone is 2. The lowest BCUT2D eigenvalue weighted by molar-refractivity contribution is -0.121. The summed E-state index contributed by atoms with van der Waals surface area (Å²) in [6.45, 7) is 4.69. The maximum Gasteiger partial charge on any atom is 0.345 e. The molecule has 12 heteroatoms. The number of unbranched alkanes of at least 4 members (excludes halogenated alkanes) is 1. The van der Waals surface area contributed by atoms with Crippen LogP contribution in [0.4, 0.5) is 5.69 Å². The quantitative estimate of drug-likeness (QED) is 0.274. The first-order valence-electron chi connectivity index (χ1n) is 8.97. The van der Waals surface area contributed by atoms with Gasteiger partial charge in [-0.2, -0.15) is 0 Å². The molecule has 1 saturated heterocycles. The van der Waals surface area contributed by atoms with Crippen molar-refractivity contribution < 1.29 is 19.1 Å². The molecule has 1 aromatic rings. The number of hydrogen-bond acceptors (Lipinski definition) is 6. The van der Waals surface area contributed by atoms with Crippen molar-refractivity contribution in [3.8, 4) is 0 Å². The van der Waals surface area contributed by atoms with E-state index in [1.54, 1.807) is 6.92 Å². The first kappa shape index (κ1) is 24.1. The summed E-state index contributed by atoms with van der Waals surface area (Å²) < 4.78 is 11.5. The molecule has 0 spiro atoms. The fourth-order valence-electron chi connectivity index (χ4n) is 2.95. The molecule has 2 N–H and O–H groups in total. The number of thioether (sulfide) groups is 2. The molecule has 1 fully saturated rings. The summed E-state index contributed by atoms with van der Waals surface area (Å²) in [4.78, 5) is 35.6. The van der Waals surface area contributed by atoms with Crippen LogP contribution in [0.15, 0.2) is 38.6 Å². The van der Waals surface area contributed by atoms with Crippen molar-refractivity contribution in [1.82, 2.24) is 4.90 Å². The maximum absolute atomic E-state index is 12.7. The van der Waals surface area contributed by atoms with E-state index in [2.05, 4.69) is 11.8 Å². The van der Waals surface area contributed by atoms with Crippen molar-refractivity contribution in [3.63, 3.8) is 0 Å². The molecule has 2 aliphatic rings. The fourth-order valence-corrected chi connectivity index (χ4v) is 6.62. The number of rotatable bonds is 6. The molecule has 1 aromatic carbocycles. The number of thiocarbonyl (C=S) groups is 1. The zero-order chi connectivity index (χ0) is 22.2. The summed E-state index contributed by atoms with van der Waals surface area (Å²) in [7, 11) is -4.42. The number of hydrogen-bond donors (Lipinski definition) is 2. The second-order valence-corrected chi connectivity index (χ2v) is 11.9. The molecule has 0 radical (unpaired) electrons. The van der Waals surface area contributed by atoms with E-state index in [9.17, 15) is 19.1 Å². The van der Waals surface area contributed by atoms with Gasteiger partial charge in [-0.1, -0.05) is 72.3 Å². The molecule has 0 aliphatic carbocycles. The standard InChI is InChI=1S/C18H19Cl2N2O4PS3/c1-3-4-5-21-13-7-11(19)12(20)8-14(13)29-15(21)6-10(2)16-17(23)22(18(28)30-16)9-27(24,25)26/h6-8H,3-5,9H2,1-2H3,(H2,24,25,26)/b15-6-,16-10+. The van der Waals surface area contributed by atoms with Crippen molar-refractivity contribution in [3.05, 3.63) is 43.8 Å². The van der Waals surface area contributed by atoms with E-state index in [1.165, 1.54) is 11.8 Å². The Bertz CT molecular complexity index is 1020. The molecule has 0 bridgehead atoms. The van der Waals surface area contributed by atoms with E-state index in [-0.39, 0.29) is 4.32 Å². The molecule has 162 valence electrons. The smallest absolute Gasteiger partial charge is 0.335 e. The molecule has 30 heavy (non-hydrogen) atoms. The van der Waals surface area contributed by atoms with Crippen LogP contribution in [0.5, 0.6) is 0 Å². The lowest BCUT2D eigenvalue weighted by atomic mass is 10.2. The van der Waals surface area contributed by atoms with Gasteiger partial charge in [-0.15, -0.1) is 0 Å². The largest absolute Gasteiger partial charge is 0.345 e. The van der Waals surface area contributed by atoms with Crippen molar-refractivity contribution in [2.24, 2.45) is 0 Å². The summed E-state index contributed by atoms with van der Waals surface area (Å²) >= 11 is 20.1. The van der Waals surface area contributed by atoms with Gasteiger partial charge in [0.05, 0.1) is 25.7 Å². The van der Waals surface area contributed by atoms with Gasteiger partial charge in [0.25, 0.3) is 5.91 Å². The van der Waals surface area contributed by atoms with Crippen LogP contribution in [-0.4, -0.2) is 37.7 Å². The molecular weight excluding hydrogens is 506 g/mol. The number of amides is 1. The Morgan fingerprint density at radius 3 is 2.53 bits per heavy atom. The molecule has 1 amide bonds. The van der Waals surface area contributed by atoms with Crippen LogP contribution < -0.4 is 4.90 Å². The first-order valence-corrected chi connectivity index (χ1v) is 13.6. The van der Waals surface area contributed by atoms with E-state index >= 15 is 0 Å². The Morgan fingerprint density at radius 1 is 1.23 bits per heavy atom. The first-order chi connectivity index (χ1) is 14.0. The minimum atomic E-state index is -4.42. The molecule has 6 nitrogen and oxygen atoms in total. The number of nitrogens with zero attached hydrogens (tertiary/aromatic N) is 2. The lowest BCUT2D eigenvalue weighted by Gasteiger charge is -2.20. The summed E-state index contributed by atoms with van der Waals surface area (Å²) in [5.41, 5.74) is 1.64. The van der Waals surface area contributed by atoms with Gasteiger partial charge in [0.1, 0.15) is 10.6 Å². The van der Waals surface area contributed by atoms with Crippen molar-refractivity contribution in [1.29, 1.82) is 0 Å². The lowest BCUT2D eigenvalue weighted by Crippen LogP contribution is -2.29. The minimum Gasteiger partial charge on any atom is -0.335 e. The number of fused-ring (bicyclic) bond motifs is 1. The second kappa shape index (κ2) is 9.55. The Hall–Kier alpha value is -0.510. The molecule has 2 aliphatic heterocycles. The Kier molecular flexibility index (Phi) is 7.68. The average Bonchev–Trinajstić information content (AvgIpc) is 3.10. The number of carbonyl (C=O) groups excluding carboxylic acids is 1. The van der Waals surface area contributed by atoms with E-state index < -0.39 is 19.8 Å². The number of carbonyl (C=O) groups is 1. The summed E-state index contributed by atoms with van der Waals surface area (Å²) in [5, 5.41) is 1.89. The van der Waals surface area contributed by atoms with Crippen LogP contribution in [0.3, 0.4) is 0 Å². The zero-order valence-corrected chi connectivity index (χ0v) is 20.9. The van der Waals surface area contributed by atoms with E-state index in [0.717, 1.165) is 51.7 Å². The van der Waals surface area contributed by atoms with Gasteiger partial charge in [-0.05, 0) is 37.1 Å². The monoisotopic (exact) mass is 524 g/mol. The molecule has 0 aromatic heterocycles. The Labute approximate surface area is 198 Å². The van der Waals surface area contributed by atoms with Gasteiger partial charge in [0.2, 0.25) is 0 Å². The topological polar surface area (TPSA) is 81.1 Å². The predicted octanol–water partition coefficient (Wildman–Crippen LogP) is 5.82. The van der Waals surface area contributed by atoms with Crippen LogP contribution >= 0.6 is 66.5 Å². The highest BCUT2D eigenvalue weighted by Crippen LogP contribution is 2.50. The van der Waals surface area contributed by atoms with Crippen LogP contribution in [0, 0.1) is 0 Å². The van der Waals surface area contributed by atoms with Crippen molar-refractivity contribution in [2.75, 3.05) is 17.7 Å². The third-order valence-corrected chi connectivity index (χ3v) is 8.42. The molecule has 0 saturated carbocycles. The maximum atomic E-state index is 12.7. The highest BCUT2D eigenvalue weighted by molar-refractivity contribution is 8.26. The van der Waals surface area contributed by atoms with Crippen LogP contribution in [0.1, 0.15) is 26.7 Å². The van der Waals surface area contributed by atoms with E-state index in [0.29, 0.717) is 20.5 Å². The minimum absolute atomic E-state index is 0.139. The van der Waals surface area contributed by atoms with Gasteiger partial charge < -0.3 is 14.7 Å². The van der Waals surface area contributed by atoms with Crippen LogP contribution in [0.2, 0.25) is 10.0 Å². The molecule has 0 atom stereocenters. The number of halogens is 2. The van der Waals surface area contributed by atoms with Crippen LogP contribution in [-0.2, 0) is 9.36 Å². The van der Waals surface area contributed by atoms with Crippen LogP contribution in [0.25, 0.3) is 0 Å². The zero-order valence-electron chi connectivity index (χ0n) is 16.1. The molecule has 0 unspecified atom stereocenters. The molecule has 2 heterocycles. The predicted molar refractivity (Wildman–Crippen MR) is 129 cm³/mol. The highest BCUT2D eigenvalue weighted by Gasteiger charge is 2.37. The summed E-state index contributed by atoms with van der Waals surface area (Å²) in [6.07, 6.45) is 3.17. The Morgan fingerprint density at radius 2 is 1.90 bits per heavy atom. The summed E-state index contributed by atoms with van der Waals surface area (Å²) in [6, 6.07) is 3.68.